The van der Waals surface area contributed by atoms with Crippen LogP contribution in [0.3, 0.4) is 0 Å². The van der Waals surface area contributed by atoms with Gasteiger partial charge in [0.2, 0.25) is 0 Å². The number of anilines is 1. The molecule has 3 nitrogen and oxygen atoms in total. The van der Waals surface area contributed by atoms with Crippen molar-refractivity contribution in [1.29, 1.82) is 0 Å². The fraction of sp³-hybridized carbons (Fsp3) is 0.533. The standard InChI is InChI=1S/C15H23NO2/c1-5-6-11-16(12(2)3)14-9-7-13(8-10-14)15(17)18-4/h7-10,12H,5-6,11H2,1-4H3. The normalized spacial score (nSPS) is 10.5. The third-order valence-corrected chi connectivity index (χ3v) is 3.00. The summed E-state index contributed by atoms with van der Waals surface area (Å²) >= 11 is 0. The minimum atomic E-state index is -0.286. The number of hydrogen-bond donors (Lipinski definition) is 0. The second kappa shape index (κ2) is 7.04. The number of unbranched alkanes of at least 4 members (excludes halogenated alkanes) is 1. The highest BCUT2D eigenvalue weighted by molar-refractivity contribution is 5.89. The second-order valence-electron chi connectivity index (χ2n) is 4.68. The van der Waals surface area contributed by atoms with Crippen molar-refractivity contribution in [3.8, 4) is 0 Å². The molecule has 0 fully saturated rings. The lowest BCUT2D eigenvalue weighted by molar-refractivity contribution is 0.0601. The van der Waals surface area contributed by atoms with Gasteiger partial charge in [0.05, 0.1) is 12.7 Å². The third kappa shape index (κ3) is 3.76. The van der Waals surface area contributed by atoms with E-state index in [1.54, 1.807) is 0 Å². The Balaban J connectivity index is 2.83. The van der Waals surface area contributed by atoms with Crippen LogP contribution in [0.25, 0.3) is 0 Å². The summed E-state index contributed by atoms with van der Waals surface area (Å²) in [4.78, 5) is 13.7. The molecule has 0 heterocycles. The highest BCUT2D eigenvalue weighted by Gasteiger charge is 2.11. The van der Waals surface area contributed by atoms with Crippen molar-refractivity contribution in [3.05, 3.63) is 29.8 Å². The van der Waals surface area contributed by atoms with Crippen LogP contribution in [0.1, 0.15) is 44.0 Å². The van der Waals surface area contributed by atoms with Crippen molar-refractivity contribution in [1.82, 2.24) is 0 Å². The molecule has 1 aromatic carbocycles. The zero-order chi connectivity index (χ0) is 13.5. The van der Waals surface area contributed by atoms with Gasteiger partial charge in [0, 0.05) is 18.3 Å². The molecule has 18 heavy (non-hydrogen) atoms. The monoisotopic (exact) mass is 249 g/mol. The predicted molar refractivity (Wildman–Crippen MR) is 75.2 cm³/mol. The van der Waals surface area contributed by atoms with Gasteiger partial charge in [-0.3, -0.25) is 0 Å². The predicted octanol–water partition coefficient (Wildman–Crippen LogP) is 3.49. The number of carbonyl (C=O) groups is 1. The summed E-state index contributed by atoms with van der Waals surface area (Å²) in [6, 6.07) is 8.08. The van der Waals surface area contributed by atoms with Gasteiger partial charge in [-0.1, -0.05) is 13.3 Å². The van der Waals surface area contributed by atoms with Crippen LogP contribution in [0, 0.1) is 0 Å². The largest absolute Gasteiger partial charge is 0.465 e. The van der Waals surface area contributed by atoms with Crippen molar-refractivity contribution in [2.24, 2.45) is 0 Å². The number of rotatable bonds is 6. The van der Waals surface area contributed by atoms with Crippen LogP contribution in [0.4, 0.5) is 5.69 Å². The Labute approximate surface area is 110 Å². The highest BCUT2D eigenvalue weighted by atomic mass is 16.5. The average Bonchev–Trinajstić information content (AvgIpc) is 2.38. The Bertz CT molecular complexity index is 371. The topological polar surface area (TPSA) is 29.5 Å². The van der Waals surface area contributed by atoms with Crippen molar-refractivity contribution in [2.45, 2.75) is 39.7 Å². The number of carbonyl (C=O) groups excluding carboxylic acids is 1. The number of ether oxygens (including phenoxy) is 1. The number of methoxy groups -OCH3 is 1. The summed E-state index contributed by atoms with van der Waals surface area (Å²) in [6.07, 6.45) is 2.36. The van der Waals surface area contributed by atoms with Crippen LogP contribution in [-0.4, -0.2) is 25.7 Å². The van der Waals surface area contributed by atoms with Crippen molar-refractivity contribution < 1.29 is 9.53 Å². The fourth-order valence-corrected chi connectivity index (χ4v) is 1.92. The fourth-order valence-electron chi connectivity index (χ4n) is 1.92. The number of nitrogens with zero attached hydrogens (tertiary/aromatic N) is 1. The molecule has 0 saturated carbocycles. The lowest BCUT2D eigenvalue weighted by Crippen LogP contribution is -2.31. The molecule has 0 amide bonds. The molecule has 0 saturated heterocycles. The van der Waals surface area contributed by atoms with Crippen LogP contribution in [0.15, 0.2) is 24.3 Å². The number of benzene rings is 1. The van der Waals surface area contributed by atoms with E-state index >= 15 is 0 Å². The quantitative estimate of drug-likeness (QED) is 0.723. The van der Waals surface area contributed by atoms with Gasteiger partial charge in [-0.15, -0.1) is 0 Å². The molecule has 1 aromatic rings. The maximum Gasteiger partial charge on any atom is 0.337 e. The summed E-state index contributed by atoms with van der Waals surface area (Å²) in [6.45, 7) is 7.61. The minimum absolute atomic E-state index is 0.286. The van der Waals surface area contributed by atoms with Gasteiger partial charge in [0.25, 0.3) is 0 Å². The van der Waals surface area contributed by atoms with E-state index in [0.29, 0.717) is 11.6 Å². The van der Waals surface area contributed by atoms with Gasteiger partial charge in [-0.2, -0.15) is 0 Å². The van der Waals surface area contributed by atoms with Crippen molar-refractivity contribution >= 4 is 11.7 Å². The van der Waals surface area contributed by atoms with Gasteiger partial charge in [-0.05, 0) is 44.5 Å². The molecule has 0 aliphatic rings. The minimum Gasteiger partial charge on any atom is -0.465 e. The van der Waals surface area contributed by atoms with Crippen LogP contribution >= 0.6 is 0 Å². The summed E-state index contributed by atoms with van der Waals surface area (Å²) in [5.74, 6) is -0.286. The molecular formula is C15H23NO2. The first-order chi connectivity index (χ1) is 8.60. The molecule has 0 atom stereocenters. The summed E-state index contributed by atoms with van der Waals surface area (Å²) in [7, 11) is 1.40. The molecule has 0 radical (unpaired) electrons. The van der Waals surface area contributed by atoms with E-state index in [-0.39, 0.29) is 5.97 Å². The van der Waals surface area contributed by atoms with E-state index in [1.165, 1.54) is 20.0 Å². The molecule has 0 bridgehead atoms. The molecule has 100 valence electrons. The van der Waals surface area contributed by atoms with Gasteiger partial charge in [0.1, 0.15) is 0 Å². The molecule has 3 heteroatoms. The van der Waals surface area contributed by atoms with Crippen LogP contribution in [0.5, 0.6) is 0 Å². The summed E-state index contributed by atoms with van der Waals surface area (Å²) < 4.78 is 4.70. The molecule has 0 spiro atoms. The third-order valence-electron chi connectivity index (χ3n) is 3.00. The zero-order valence-electron chi connectivity index (χ0n) is 11.8. The Morgan fingerprint density at radius 2 is 1.89 bits per heavy atom. The average molecular weight is 249 g/mol. The van der Waals surface area contributed by atoms with E-state index < -0.39 is 0 Å². The van der Waals surface area contributed by atoms with Crippen molar-refractivity contribution in [3.63, 3.8) is 0 Å². The van der Waals surface area contributed by atoms with E-state index in [9.17, 15) is 4.79 Å². The first-order valence-corrected chi connectivity index (χ1v) is 6.55. The SMILES string of the molecule is CCCCN(c1ccc(C(=O)OC)cc1)C(C)C. The molecule has 0 aliphatic heterocycles. The molecule has 0 N–H and O–H groups in total. The molecule has 0 unspecified atom stereocenters. The Morgan fingerprint density at radius 1 is 1.28 bits per heavy atom. The maximum atomic E-state index is 11.4. The number of esters is 1. The van der Waals surface area contributed by atoms with Crippen molar-refractivity contribution in [2.75, 3.05) is 18.6 Å². The summed E-state index contributed by atoms with van der Waals surface area (Å²) in [5, 5.41) is 0. The maximum absolute atomic E-state index is 11.4. The van der Waals surface area contributed by atoms with Crippen LogP contribution in [0.2, 0.25) is 0 Å². The van der Waals surface area contributed by atoms with E-state index in [1.807, 2.05) is 24.3 Å². The molecule has 1 rings (SSSR count). The summed E-state index contributed by atoms with van der Waals surface area (Å²) in [5.41, 5.74) is 1.76. The molecule has 0 aromatic heterocycles. The first-order valence-electron chi connectivity index (χ1n) is 6.55. The highest BCUT2D eigenvalue weighted by Crippen LogP contribution is 2.19. The van der Waals surface area contributed by atoms with E-state index in [0.717, 1.165) is 12.2 Å². The van der Waals surface area contributed by atoms with E-state index in [4.69, 9.17) is 4.74 Å². The Hall–Kier alpha value is -1.51. The second-order valence-corrected chi connectivity index (χ2v) is 4.68. The zero-order valence-corrected chi connectivity index (χ0v) is 11.8. The van der Waals surface area contributed by atoms with Gasteiger partial charge in [-0.25, -0.2) is 4.79 Å². The first kappa shape index (κ1) is 14.6. The lowest BCUT2D eigenvalue weighted by Gasteiger charge is -2.29. The smallest absolute Gasteiger partial charge is 0.337 e. The van der Waals surface area contributed by atoms with Crippen LogP contribution in [-0.2, 0) is 4.74 Å². The number of hydrogen-bond acceptors (Lipinski definition) is 3. The Kier molecular flexibility index (Phi) is 5.69. The van der Waals surface area contributed by atoms with Crippen LogP contribution < -0.4 is 4.90 Å². The van der Waals surface area contributed by atoms with E-state index in [2.05, 4.69) is 25.7 Å². The molecule has 0 aliphatic carbocycles. The van der Waals surface area contributed by atoms with Gasteiger partial charge in [0.15, 0.2) is 0 Å². The van der Waals surface area contributed by atoms with Gasteiger partial charge >= 0.3 is 5.97 Å². The van der Waals surface area contributed by atoms with Gasteiger partial charge < -0.3 is 9.64 Å². The lowest BCUT2D eigenvalue weighted by atomic mass is 10.1. The Morgan fingerprint density at radius 3 is 2.33 bits per heavy atom. The molecular weight excluding hydrogens is 226 g/mol.